The molecule has 2 nitrogen and oxygen atoms in total. The first-order valence-corrected chi connectivity index (χ1v) is 6.64. The molecular formula is C13H16N2S. The van der Waals surface area contributed by atoms with Gasteiger partial charge in [-0.25, -0.2) is 0 Å². The molecule has 1 unspecified atom stereocenters. The molecule has 3 heteroatoms. The van der Waals surface area contributed by atoms with Crippen LogP contribution in [0.4, 0.5) is 0 Å². The van der Waals surface area contributed by atoms with Crippen molar-refractivity contribution in [2.75, 3.05) is 13.6 Å². The van der Waals surface area contributed by atoms with Gasteiger partial charge in [-0.1, -0.05) is 0 Å². The molecule has 3 rings (SSSR count). The summed E-state index contributed by atoms with van der Waals surface area (Å²) in [6, 6.07) is 7.26. The van der Waals surface area contributed by atoms with Crippen molar-refractivity contribution in [1.29, 1.82) is 0 Å². The molecule has 2 aromatic heterocycles. The number of thiophene rings is 1. The predicted molar refractivity (Wildman–Crippen MR) is 68.8 cm³/mol. The van der Waals surface area contributed by atoms with E-state index in [9.17, 15) is 0 Å². The van der Waals surface area contributed by atoms with Crippen molar-refractivity contribution in [3.8, 4) is 11.3 Å². The molecule has 1 aliphatic rings. The minimum atomic E-state index is 0.529. The quantitative estimate of drug-likeness (QED) is 0.733. The van der Waals surface area contributed by atoms with Crippen LogP contribution in [0.5, 0.6) is 0 Å². The summed E-state index contributed by atoms with van der Waals surface area (Å²) >= 11 is 1.77. The first-order valence-electron chi connectivity index (χ1n) is 5.69. The number of likely N-dealkylation sites (N-methyl/N-ethyl adjacent to an activating group) is 1. The lowest BCUT2D eigenvalue weighted by Crippen LogP contribution is -2.33. The van der Waals surface area contributed by atoms with E-state index in [0.717, 1.165) is 13.1 Å². The van der Waals surface area contributed by atoms with Gasteiger partial charge in [-0.3, -0.25) is 4.90 Å². The van der Waals surface area contributed by atoms with Crippen molar-refractivity contribution in [2.24, 2.45) is 0 Å². The summed E-state index contributed by atoms with van der Waals surface area (Å²) in [5, 5.41) is 4.37. The Morgan fingerprint density at radius 2 is 2.12 bits per heavy atom. The molecule has 0 saturated carbocycles. The summed E-state index contributed by atoms with van der Waals surface area (Å²) in [5.41, 5.74) is 4.17. The summed E-state index contributed by atoms with van der Waals surface area (Å²) in [7, 11) is 2.20. The Labute approximate surface area is 100 Å². The fourth-order valence-electron chi connectivity index (χ4n) is 2.44. The molecule has 0 fully saturated rings. The fourth-order valence-corrected chi connectivity index (χ4v) is 3.09. The highest BCUT2D eigenvalue weighted by molar-refractivity contribution is 7.08. The van der Waals surface area contributed by atoms with Crippen LogP contribution in [0, 0.1) is 0 Å². The van der Waals surface area contributed by atoms with Crippen LogP contribution in [0.1, 0.15) is 18.7 Å². The number of aromatic nitrogens is 1. The molecule has 0 bridgehead atoms. The normalized spacial score (nSPS) is 21.0. The zero-order valence-electron chi connectivity index (χ0n) is 9.68. The molecule has 16 heavy (non-hydrogen) atoms. The van der Waals surface area contributed by atoms with Crippen LogP contribution < -0.4 is 0 Å². The summed E-state index contributed by atoms with van der Waals surface area (Å²) in [6.07, 6.45) is 0. The molecule has 84 valence electrons. The monoisotopic (exact) mass is 232 g/mol. The maximum atomic E-state index is 2.46. The Morgan fingerprint density at radius 3 is 2.88 bits per heavy atom. The third-order valence-electron chi connectivity index (χ3n) is 3.60. The van der Waals surface area contributed by atoms with Crippen molar-refractivity contribution in [1.82, 2.24) is 9.47 Å². The molecule has 0 N–H and O–H groups in total. The topological polar surface area (TPSA) is 8.17 Å². The second-order valence-electron chi connectivity index (χ2n) is 4.46. The van der Waals surface area contributed by atoms with Gasteiger partial charge in [0.15, 0.2) is 0 Å². The van der Waals surface area contributed by atoms with Crippen LogP contribution in [0.15, 0.2) is 29.0 Å². The maximum absolute atomic E-state index is 2.46. The van der Waals surface area contributed by atoms with Crippen molar-refractivity contribution in [3.63, 3.8) is 0 Å². The second-order valence-corrected chi connectivity index (χ2v) is 5.24. The van der Waals surface area contributed by atoms with E-state index in [1.54, 1.807) is 11.3 Å². The van der Waals surface area contributed by atoms with Gasteiger partial charge in [0.1, 0.15) is 0 Å². The molecule has 0 aliphatic carbocycles. The Kier molecular flexibility index (Phi) is 2.37. The largest absolute Gasteiger partial charge is 0.342 e. The molecule has 0 saturated heterocycles. The molecular weight excluding hydrogens is 216 g/mol. The summed E-state index contributed by atoms with van der Waals surface area (Å²) < 4.78 is 2.46. The SMILES string of the molecule is CC1c2ccc(-c3ccsc3)n2CCN1C. The average Bonchev–Trinajstić information content (AvgIpc) is 2.91. The minimum absolute atomic E-state index is 0.529. The van der Waals surface area contributed by atoms with Gasteiger partial charge < -0.3 is 4.57 Å². The van der Waals surface area contributed by atoms with Crippen LogP contribution in [-0.2, 0) is 6.54 Å². The van der Waals surface area contributed by atoms with E-state index >= 15 is 0 Å². The van der Waals surface area contributed by atoms with Gasteiger partial charge in [0.25, 0.3) is 0 Å². The molecule has 0 radical (unpaired) electrons. The van der Waals surface area contributed by atoms with Crippen molar-refractivity contribution < 1.29 is 0 Å². The van der Waals surface area contributed by atoms with Crippen molar-refractivity contribution in [2.45, 2.75) is 19.5 Å². The smallest absolute Gasteiger partial charge is 0.0491 e. The lowest BCUT2D eigenvalue weighted by molar-refractivity contribution is 0.212. The Bertz CT molecular complexity index is 484. The van der Waals surface area contributed by atoms with E-state index in [1.165, 1.54) is 17.0 Å². The van der Waals surface area contributed by atoms with E-state index < -0.39 is 0 Å². The minimum Gasteiger partial charge on any atom is -0.342 e. The third kappa shape index (κ3) is 1.43. The van der Waals surface area contributed by atoms with Crippen LogP contribution >= 0.6 is 11.3 Å². The van der Waals surface area contributed by atoms with E-state index in [4.69, 9.17) is 0 Å². The first-order chi connectivity index (χ1) is 7.77. The third-order valence-corrected chi connectivity index (χ3v) is 4.28. The van der Waals surface area contributed by atoms with Crippen molar-refractivity contribution in [3.05, 3.63) is 34.7 Å². The van der Waals surface area contributed by atoms with Gasteiger partial charge in [-0.05, 0) is 37.6 Å². The zero-order chi connectivity index (χ0) is 11.1. The van der Waals surface area contributed by atoms with Crippen LogP contribution in [0.2, 0.25) is 0 Å². The van der Waals surface area contributed by atoms with Gasteiger partial charge in [0.2, 0.25) is 0 Å². The number of hydrogen-bond donors (Lipinski definition) is 0. The van der Waals surface area contributed by atoms with Gasteiger partial charge in [-0.2, -0.15) is 11.3 Å². The second kappa shape index (κ2) is 3.75. The number of hydrogen-bond acceptors (Lipinski definition) is 2. The van der Waals surface area contributed by atoms with Gasteiger partial charge >= 0.3 is 0 Å². The number of fused-ring (bicyclic) bond motifs is 1. The van der Waals surface area contributed by atoms with Crippen molar-refractivity contribution >= 4 is 11.3 Å². The van der Waals surface area contributed by atoms with E-state index in [-0.39, 0.29) is 0 Å². The van der Waals surface area contributed by atoms with Gasteiger partial charge in [-0.15, -0.1) is 0 Å². The van der Waals surface area contributed by atoms with E-state index in [1.807, 2.05) is 0 Å². The maximum Gasteiger partial charge on any atom is 0.0491 e. The highest BCUT2D eigenvalue weighted by Crippen LogP contribution is 2.31. The Hall–Kier alpha value is -1.06. The average molecular weight is 232 g/mol. The summed E-state index contributed by atoms with van der Waals surface area (Å²) in [5.74, 6) is 0. The summed E-state index contributed by atoms with van der Waals surface area (Å²) in [6.45, 7) is 4.52. The number of rotatable bonds is 1. The van der Waals surface area contributed by atoms with Gasteiger partial charge in [0.05, 0.1) is 0 Å². The Morgan fingerprint density at radius 1 is 1.25 bits per heavy atom. The van der Waals surface area contributed by atoms with E-state index in [0.29, 0.717) is 6.04 Å². The molecule has 0 amide bonds. The fraction of sp³-hybridized carbons (Fsp3) is 0.385. The predicted octanol–water partition coefficient (Wildman–Crippen LogP) is 3.22. The van der Waals surface area contributed by atoms with E-state index in [2.05, 4.69) is 52.4 Å². The summed E-state index contributed by atoms with van der Waals surface area (Å²) in [4.78, 5) is 2.41. The molecule has 0 spiro atoms. The lowest BCUT2D eigenvalue weighted by Gasteiger charge is -2.32. The molecule has 1 aliphatic heterocycles. The van der Waals surface area contributed by atoms with Crippen LogP contribution in [0.25, 0.3) is 11.3 Å². The zero-order valence-corrected chi connectivity index (χ0v) is 10.5. The number of nitrogens with zero attached hydrogens (tertiary/aromatic N) is 2. The standard InChI is InChI=1S/C13H16N2S/c1-10-12-3-4-13(11-5-8-16-9-11)15(12)7-6-14(10)2/h3-5,8-10H,6-7H2,1-2H3. The molecule has 2 aromatic rings. The molecule has 1 atom stereocenters. The lowest BCUT2D eigenvalue weighted by atomic mass is 10.2. The molecule has 3 heterocycles. The first kappa shape index (κ1) is 10.1. The van der Waals surface area contributed by atoms with Crippen LogP contribution in [-0.4, -0.2) is 23.1 Å². The Balaban J connectivity index is 2.08. The molecule has 0 aromatic carbocycles. The highest BCUT2D eigenvalue weighted by Gasteiger charge is 2.22. The highest BCUT2D eigenvalue weighted by atomic mass is 32.1. The van der Waals surface area contributed by atoms with Crippen LogP contribution in [0.3, 0.4) is 0 Å². The van der Waals surface area contributed by atoms with Gasteiger partial charge in [0, 0.05) is 41.5 Å².